The molecule has 0 aromatic heterocycles. The summed E-state index contributed by atoms with van der Waals surface area (Å²) in [6.07, 6.45) is 0. The molecule has 1 nitrogen and oxygen atoms in total. The molecule has 0 N–H and O–H groups in total. The average Bonchev–Trinajstić information content (AvgIpc) is 2.34. The van der Waals surface area contributed by atoms with E-state index in [1.165, 1.54) is 5.56 Å². The summed E-state index contributed by atoms with van der Waals surface area (Å²) in [7, 11) is 0. The number of halogens is 1. The van der Waals surface area contributed by atoms with Gasteiger partial charge in [0.25, 0.3) is 0 Å². The Morgan fingerprint density at radius 2 is 1.76 bits per heavy atom. The second kappa shape index (κ2) is 5.24. The van der Waals surface area contributed by atoms with E-state index in [1.807, 2.05) is 37.3 Å². The minimum Gasteiger partial charge on any atom is -0.457 e. The fourth-order valence-corrected chi connectivity index (χ4v) is 1.87. The summed E-state index contributed by atoms with van der Waals surface area (Å²) in [6.45, 7) is 4.10. The molecule has 0 unspecified atom stereocenters. The van der Waals surface area contributed by atoms with E-state index in [9.17, 15) is 0 Å². The standard InChI is InChI=1S/C15H15ClO/c1-11-7-8-12(2)15(9-11)17-14-6-4-3-5-13(14)10-16/h3-9H,10H2,1-2H3. The predicted octanol–water partition coefficient (Wildman–Crippen LogP) is 4.83. The molecule has 0 fully saturated rings. The Morgan fingerprint density at radius 3 is 2.53 bits per heavy atom. The first-order valence-corrected chi connectivity index (χ1v) is 6.13. The van der Waals surface area contributed by atoms with Crippen LogP contribution in [0, 0.1) is 13.8 Å². The van der Waals surface area contributed by atoms with Crippen LogP contribution in [0.2, 0.25) is 0 Å². The summed E-state index contributed by atoms with van der Waals surface area (Å²) in [6, 6.07) is 14.0. The number of hydrogen-bond acceptors (Lipinski definition) is 1. The highest BCUT2D eigenvalue weighted by molar-refractivity contribution is 6.17. The van der Waals surface area contributed by atoms with Gasteiger partial charge >= 0.3 is 0 Å². The molecule has 0 bridgehead atoms. The lowest BCUT2D eigenvalue weighted by atomic mass is 10.1. The van der Waals surface area contributed by atoms with Gasteiger partial charge in [-0.1, -0.05) is 30.3 Å². The first-order valence-electron chi connectivity index (χ1n) is 5.59. The Morgan fingerprint density at radius 1 is 1.00 bits per heavy atom. The molecule has 0 spiro atoms. The van der Waals surface area contributed by atoms with Crippen molar-refractivity contribution < 1.29 is 4.74 Å². The topological polar surface area (TPSA) is 9.23 Å². The molecule has 88 valence electrons. The summed E-state index contributed by atoms with van der Waals surface area (Å²) in [5.74, 6) is 2.18. The maximum atomic E-state index is 5.93. The van der Waals surface area contributed by atoms with Crippen LogP contribution in [0.4, 0.5) is 0 Å². The van der Waals surface area contributed by atoms with E-state index in [4.69, 9.17) is 16.3 Å². The molecule has 2 rings (SSSR count). The molecule has 0 radical (unpaired) electrons. The van der Waals surface area contributed by atoms with Crippen molar-refractivity contribution in [3.05, 3.63) is 59.2 Å². The highest BCUT2D eigenvalue weighted by Crippen LogP contribution is 2.29. The number of para-hydroxylation sites is 1. The van der Waals surface area contributed by atoms with E-state index in [0.29, 0.717) is 5.88 Å². The fourth-order valence-electron chi connectivity index (χ4n) is 1.65. The van der Waals surface area contributed by atoms with Crippen LogP contribution in [-0.4, -0.2) is 0 Å². The van der Waals surface area contributed by atoms with Crippen molar-refractivity contribution in [1.82, 2.24) is 0 Å². The summed E-state index contributed by atoms with van der Waals surface area (Å²) in [5.41, 5.74) is 3.32. The molecule has 0 saturated heterocycles. The third-order valence-corrected chi connectivity index (χ3v) is 2.97. The second-order valence-electron chi connectivity index (χ2n) is 4.11. The maximum absolute atomic E-state index is 5.93. The highest BCUT2D eigenvalue weighted by Gasteiger charge is 2.05. The Balaban J connectivity index is 2.34. The van der Waals surface area contributed by atoms with Crippen molar-refractivity contribution >= 4 is 11.6 Å². The van der Waals surface area contributed by atoms with Crippen LogP contribution in [0.3, 0.4) is 0 Å². The largest absolute Gasteiger partial charge is 0.457 e. The second-order valence-corrected chi connectivity index (χ2v) is 4.38. The van der Waals surface area contributed by atoms with E-state index in [0.717, 1.165) is 22.6 Å². The molecule has 0 saturated carbocycles. The van der Waals surface area contributed by atoms with Gasteiger partial charge < -0.3 is 4.74 Å². The summed E-state index contributed by atoms with van der Waals surface area (Å²) >= 11 is 5.89. The molecule has 0 atom stereocenters. The van der Waals surface area contributed by atoms with Crippen molar-refractivity contribution in [1.29, 1.82) is 0 Å². The lowest BCUT2D eigenvalue weighted by Gasteiger charge is -2.12. The van der Waals surface area contributed by atoms with Gasteiger partial charge in [0.15, 0.2) is 0 Å². The summed E-state index contributed by atoms with van der Waals surface area (Å²) in [4.78, 5) is 0. The van der Waals surface area contributed by atoms with Gasteiger partial charge in [-0.05, 0) is 37.1 Å². The number of alkyl halides is 1. The molecule has 0 aliphatic heterocycles. The molecular weight excluding hydrogens is 232 g/mol. The molecule has 2 aromatic rings. The average molecular weight is 247 g/mol. The Hall–Kier alpha value is -1.47. The van der Waals surface area contributed by atoms with Gasteiger partial charge in [0.1, 0.15) is 11.5 Å². The van der Waals surface area contributed by atoms with E-state index in [2.05, 4.69) is 19.1 Å². The first-order chi connectivity index (χ1) is 8.20. The summed E-state index contributed by atoms with van der Waals surface area (Å²) < 4.78 is 5.93. The summed E-state index contributed by atoms with van der Waals surface area (Å²) in [5, 5.41) is 0. The van der Waals surface area contributed by atoms with Crippen LogP contribution < -0.4 is 4.74 Å². The fraction of sp³-hybridized carbons (Fsp3) is 0.200. The van der Waals surface area contributed by atoms with Crippen molar-refractivity contribution in [3.63, 3.8) is 0 Å². The Bertz CT molecular complexity index is 520. The van der Waals surface area contributed by atoms with Gasteiger partial charge in [-0.15, -0.1) is 11.6 Å². The van der Waals surface area contributed by atoms with Gasteiger partial charge in [0, 0.05) is 5.56 Å². The minimum atomic E-state index is 0.459. The third-order valence-electron chi connectivity index (χ3n) is 2.68. The number of ether oxygens (including phenoxy) is 1. The lowest BCUT2D eigenvalue weighted by Crippen LogP contribution is -1.91. The molecule has 0 amide bonds. The molecule has 0 heterocycles. The van der Waals surface area contributed by atoms with Crippen molar-refractivity contribution in [2.75, 3.05) is 0 Å². The highest BCUT2D eigenvalue weighted by atomic mass is 35.5. The van der Waals surface area contributed by atoms with Crippen LogP contribution in [0.1, 0.15) is 16.7 Å². The molecule has 2 aromatic carbocycles. The van der Waals surface area contributed by atoms with E-state index in [1.54, 1.807) is 0 Å². The van der Waals surface area contributed by atoms with Gasteiger partial charge in [0.2, 0.25) is 0 Å². The van der Waals surface area contributed by atoms with E-state index < -0.39 is 0 Å². The molecule has 0 aliphatic rings. The van der Waals surface area contributed by atoms with Crippen LogP contribution in [0.25, 0.3) is 0 Å². The van der Waals surface area contributed by atoms with Crippen molar-refractivity contribution in [2.24, 2.45) is 0 Å². The number of benzene rings is 2. The quantitative estimate of drug-likeness (QED) is 0.705. The van der Waals surface area contributed by atoms with E-state index >= 15 is 0 Å². The zero-order chi connectivity index (χ0) is 12.3. The van der Waals surface area contributed by atoms with Crippen LogP contribution in [0.15, 0.2) is 42.5 Å². The van der Waals surface area contributed by atoms with Crippen molar-refractivity contribution in [3.8, 4) is 11.5 Å². The SMILES string of the molecule is Cc1ccc(C)c(Oc2ccccc2CCl)c1. The molecular formula is C15H15ClO. The number of hydrogen-bond donors (Lipinski definition) is 0. The maximum Gasteiger partial charge on any atom is 0.131 e. The zero-order valence-corrected chi connectivity index (χ0v) is 10.8. The molecule has 17 heavy (non-hydrogen) atoms. The number of rotatable bonds is 3. The first kappa shape index (κ1) is 12.0. The zero-order valence-electron chi connectivity index (χ0n) is 10.0. The van der Waals surface area contributed by atoms with Crippen LogP contribution in [-0.2, 0) is 5.88 Å². The predicted molar refractivity (Wildman–Crippen MR) is 72.0 cm³/mol. The monoisotopic (exact) mass is 246 g/mol. The van der Waals surface area contributed by atoms with Crippen molar-refractivity contribution in [2.45, 2.75) is 19.7 Å². The van der Waals surface area contributed by atoms with Gasteiger partial charge in [-0.3, -0.25) is 0 Å². The minimum absolute atomic E-state index is 0.459. The molecule has 0 aliphatic carbocycles. The Kier molecular flexibility index (Phi) is 3.70. The number of aryl methyl sites for hydroxylation is 2. The van der Waals surface area contributed by atoms with Crippen LogP contribution >= 0.6 is 11.6 Å². The van der Waals surface area contributed by atoms with Gasteiger partial charge in [-0.2, -0.15) is 0 Å². The van der Waals surface area contributed by atoms with Gasteiger partial charge in [-0.25, -0.2) is 0 Å². The van der Waals surface area contributed by atoms with Crippen LogP contribution in [0.5, 0.6) is 11.5 Å². The van der Waals surface area contributed by atoms with E-state index in [-0.39, 0.29) is 0 Å². The normalized spacial score (nSPS) is 10.3. The lowest BCUT2D eigenvalue weighted by molar-refractivity contribution is 0.474. The molecule has 2 heteroatoms. The smallest absolute Gasteiger partial charge is 0.131 e. The van der Waals surface area contributed by atoms with Gasteiger partial charge in [0.05, 0.1) is 5.88 Å². The third kappa shape index (κ3) is 2.80. The Labute approximate surface area is 107 Å².